The lowest BCUT2D eigenvalue weighted by Crippen LogP contribution is -2.28. The molecule has 176 valence electrons. The van der Waals surface area contributed by atoms with E-state index in [1.165, 1.54) is 16.4 Å². The van der Waals surface area contributed by atoms with Crippen LogP contribution in [0.3, 0.4) is 0 Å². The first-order valence-electron chi connectivity index (χ1n) is 10.5. The highest BCUT2D eigenvalue weighted by Gasteiger charge is 2.22. The minimum absolute atomic E-state index is 0.0890. The van der Waals surface area contributed by atoms with Crippen LogP contribution < -0.4 is 10.3 Å². The number of hydrogen-bond donors (Lipinski definition) is 0. The molecule has 0 bridgehead atoms. The summed E-state index contributed by atoms with van der Waals surface area (Å²) in [6, 6.07) is 16.9. The second-order valence-electron chi connectivity index (χ2n) is 7.67. The zero-order valence-corrected chi connectivity index (χ0v) is 20.2. The third-order valence-corrected chi connectivity index (χ3v) is 6.38. The van der Waals surface area contributed by atoms with Gasteiger partial charge in [-0.2, -0.15) is 4.68 Å². The molecule has 34 heavy (non-hydrogen) atoms. The number of ether oxygens (including phenoxy) is 1. The summed E-state index contributed by atoms with van der Waals surface area (Å²) in [4.78, 5) is 27.7. The molecule has 0 fully saturated rings. The molecule has 0 aliphatic heterocycles. The van der Waals surface area contributed by atoms with E-state index in [4.69, 9.17) is 4.74 Å². The Balaban J connectivity index is 1.52. The van der Waals surface area contributed by atoms with Crippen molar-refractivity contribution in [1.29, 1.82) is 0 Å². The molecule has 0 aliphatic carbocycles. The molecule has 0 radical (unpaired) electrons. The lowest BCUT2D eigenvalue weighted by Gasteiger charge is -2.17. The molecule has 0 saturated carbocycles. The van der Waals surface area contributed by atoms with Crippen LogP contribution in [0.2, 0.25) is 0 Å². The molecule has 2 aromatic carbocycles. The first-order valence-corrected chi connectivity index (χ1v) is 11.5. The SMILES string of the molecule is COc1cccc(CN(C)C(=O)CSc2nnnn2-c2c(C)n(C)n(-c3ccccc3)c2=O)c1. The molecular weight excluding hydrogens is 454 g/mol. The van der Waals surface area contributed by atoms with Gasteiger partial charge in [0.2, 0.25) is 11.1 Å². The van der Waals surface area contributed by atoms with Crippen LogP contribution in [0.25, 0.3) is 11.4 Å². The van der Waals surface area contributed by atoms with E-state index in [0.29, 0.717) is 23.1 Å². The molecule has 0 spiro atoms. The van der Waals surface area contributed by atoms with E-state index in [9.17, 15) is 9.59 Å². The van der Waals surface area contributed by atoms with Gasteiger partial charge in [0, 0.05) is 20.6 Å². The number of thioether (sulfide) groups is 1. The highest BCUT2D eigenvalue weighted by Crippen LogP contribution is 2.21. The van der Waals surface area contributed by atoms with Crippen molar-refractivity contribution in [1.82, 2.24) is 34.5 Å². The Morgan fingerprint density at radius 3 is 2.65 bits per heavy atom. The van der Waals surface area contributed by atoms with Crippen molar-refractivity contribution in [2.75, 3.05) is 19.9 Å². The number of methoxy groups -OCH3 is 1. The van der Waals surface area contributed by atoms with E-state index in [1.807, 2.05) is 68.6 Å². The Bertz CT molecular complexity index is 1360. The van der Waals surface area contributed by atoms with Crippen LogP contribution in [0.4, 0.5) is 0 Å². The Morgan fingerprint density at radius 1 is 1.15 bits per heavy atom. The maximum absolute atomic E-state index is 13.3. The van der Waals surface area contributed by atoms with Gasteiger partial charge in [0.05, 0.1) is 24.2 Å². The van der Waals surface area contributed by atoms with Crippen LogP contribution in [-0.2, 0) is 18.4 Å². The van der Waals surface area contributed by atoms with Crippen LogP contribution in [0.1, 0.15) is 11.3 Å². The van der Waals surface area contributed by atoms with E-state index in [1.54, 1.807) is 28.4 Å². The zero-order valence-electron chi connectivity index (χ0n) is 19.4. The van der Waals surface area contributed by atoms with Crippen molar-refractivity contribution >= 4 is 17.7 Å². The smallest absolute Gasteiger partial charge is 0.297 e. The molecule has 4 aromatic rings. The standard InChI is InChI=1S/C23H25N7O3S/c1-16-21(22(32)30(28(16)3)18-10-6-5-7-11-18)29-23(24-25-26-29)34-15-20(31)27(2)14-17-9-8-12-19(13-17)33-4/h5-13H,14-15H2,1-4H3. The van der Waals surface area contributed by atoms with Gasteiger partial charge in [-0.1, -0.05) is 42.1 Å². The van der Waals surface area contributed by atoms with Gasteiger partial charge in [0.1, 0.15) is 5.75 Å². The van der Waals surface area contributed by atoms with Crippen molar-refractivity contribution in [3.63, 3.8) is 0 Å². The minimum atomic E-state index is -0.248. The molecule has 0 saturated heterocycles. The summed E-state index contributed by atoms with van der Waals surface area (Å²) in [5, 5.41) is 12.2. The fourth-order valence-electron chi connectivity index (χ4n) is 3.58. The van der Waals surface area contributed by atoms with E-state index >= 15 is 0 Å². The fourth-order valence-corrected chi connectivity index (χ4v) is 4.39. The number of carbonyl (C=O) groups is 1. The largest absolute Gasteiger partial charge is 0.497 e. The van der Waals surface area contributed by atoms with Gasteiger partial charge in [0.25, 0.3) is 5.56 Å². The molecule has 2 aromatic heterocycles. The van der Waals surface area contributed by atoms with Gasteiger partial charge in [0.15, 0.2) is 5.69 Å². The Labute approximate surface area is 200 Å². The molecule has 2 heterocycles. The van der Waals surface area contributed by atoms with Gasteiger partial charge in [-0.3, -0.25) is 14.3 Å². The summed E-state index contributed by atoms with van der Waals surface area (Å²) < 4.78 is 9.97. The van der Waals surface area contributed by atoms with E-state index in [0.717, 1.165) is 17.0 Å². The normalized spacial score (nSPS) is 10.9. The predicted octanol–water partition coefficient (Wildman–Crippen LogP) is 2.22. The fraction of sp³-hybridized carbons (Fsp3) is 0.261. The summed E-state index contributed by atoms with van der Waals surface area (Å²) in [5.41, 5.74) is 2.50. The van der Waals surface area contributed by atoms with Crippen LogP contribution in [-0.4, -0.2) is 60.3 Å². The van der Waals surface area contributed by atoms with Crippen molar-refractivity contribution in [3.05, 3.63) is 76.2 Å². The van der Waals surface area contributed by atoms with Crippen LogP contribution in [0.15, 0.2) is 64.5 Å². The Morgan fingerprint density at radius 2 is 1.91 bits per heavy atom. The molecule has 0 unspecified atom stereocenters. The summed E-state index contributed by atoms with van der Waals surface area (Å²) in [7, 11) is 5.16. The second kappa shape index (κ2) is 9.96. The summed E-state index contributed by atoms with van der Waals surface area (Å²) in [6.45, 7) is 2.28. The van der Waals surface area contributed by atoms with Crippen molar-refractivity contribution < 1.29 is 9.53 Å². The van der Waals surface area contributed by atoms with Crippen LogP contribution in [0.5, 0.6) is 5.75 Å². The average molecular weight is 480 g/mol. The molecule has 10 nitrogen and oxygen atoms in total. The highest BCUT2D eigenvalue weighted by atomic mass is 32.2. The molecule has 0 atom stereocenters. The average Bonchev–Trinajstić information content (AvgIpc) is 3.39. The van der Waals surface area contributed by atoms with Gasteiger partial charge in [-0.25, -0.2) is 4.68 Å². The number of nitrogens with zero attached hydrogens (tertiary/aromatic N) is 7. The number of hydrogen-bond acceptors (Lipinski definition) is 7. The van der Waals surface area contributed by atoms with E-state index in [2.05, 4.69) is 15.5 Å². The number of amides is 1. The maximum Gasteiger partial charge on any atom is 0.297 e. The summed E-state index contributed by atoms with van der Waals surface area (Å²) >= 11 is 1.19. The monoisotopic (exact) mass is 479 g/mol. The first kappa shape index (κ1) is 23.3. The molecule has 0 aliphatic rings. The third-order valence-electron chi connectivity index (χ3n) is 5.48. The minimum Gasteiger partial charge on any atom is -0.497 e. The van der Waals surface area contributed by atoms with Crippen molar-refractivity contribution in [2.45, 2.75) is 18.6 Å². The topological polar surface area (TPSA) is 100 Å². The number of carbonyl (C=O) groups excluding carboxylic acids is 1. The highest BCUT2D eigenvalue weighted by molar-refractivity contribution is 7.99. The van der Waals surface area contributed by atoms with Gasteiger partial charge in [-0.05, 0) is 47.2 Å². The van der Waals surface area contributed by atoms with Crippen LogP contribution >= 0.6 is 11.8 Å². The zero-order chi connectivity index (χ0) is 24.2. The number of para-hydroxylation sites is 1. The Hall–Kier alpha value is -3.86. The molecule has 0 N–H and O–H groups in total. The van der Waals surface area contributed by atoms with Crippen molar-refractivity contribution in [2.24, 2.45) is 7.05 Å². The van der Waals surface area contributed by atoms with Crippen molar-refractivity contribution in [3.8, 4) is 17.1 Å². The van der Waals surface area contributed by atoms with Gasteiger partial charge < -0.3 is 9.64 Å². The van der Waals surface area contributed by atoms with Crippen LogP contribution in [0, 0.1) is 6.92 Å². The van der Waals surface area contributed by atoms with E-state index < -0.39 is 0 Å². The number of benzene rings is 2. The molecular formula is C23H25N7O3S. The lowest BCUT2D eigenvalue weighted by molar-refractivity contribution is -0.127. The summed E-state index contributed by atoms with van der Waals surface area (Å²) in [6.07, 6.45) is 0. The maximum atomic E-state index is 13.3. The molecule has 1 amide bonds. The first-order chi connectivity index (χ1) is 16.4. The predicted molar refractivity (Wildman–Crippen MR) is 129 cm³/mol. The number of tetrazole rings is 1. The number of rotatable bonds is 8. The van der Waals surface area contributed by atoms with Gasteiger partial charge in [-0.15, -0.1) is 5.10 Å². The molecule has 4 rings (SSSR count). The quantitative estimate of drug-likeness (QED) is 0.357. The molecule has 11 heteroatoms. The Kier molecular flexibility index (Phi) is 6.82. The van der Waals surface area contributed by atoms with E-state index in [-0.39, 0.29) is 17.2 Å². The lowest BCUT2D eigenvalue weighted by atomic mass is 10.2. The van der Waals surface area contributed by atoms with Gasteiger partial charge >= 0.3 is 0 Å². The second-order valence-corrected chi connectivity index (χ2v) is 8.62. The third kappa shape index (κ3) is 4.60. The number of aromatic nitrogens is 6. The summed E-state index contributed by atoms with van der Waals surface area (Å²) in [5.74, 6) is 0.778.